The van der Waals surface area contributed by atoms with Crippen molar-refractivity contribution in [3.63, 3.8) is 0 Å². The number of hydrogen-bond acceptors (Lipinski definition) is 3. The van der Waals surface area contributed by atoms with Crippen molar-refractivity contribution >= 4 is 20.3 Å². The second kappa shape index (κ2) is 6.48. The first-order chi connectivity index (χ1) is 9.45. The van der Waals surface area contributed by atoms with E-state index in [4.69, 9.17) is 9.53 Å². The Morgan fingerprint density at radius 2 is 1.62 bits per heavy atom. The van der Waals surface area contributed by atoms with Gasteiger partial charge in [0.2, 0.25) is 5.91 Å². The maximum Gasteiger partial charge on any atom is 0.414 e. The number of carbonyl (C=O) groups is 2. The second-order valence-corrected chi connectivity index (χ2v) is 12.2. The molecular formula is C15H29NO4Si. The van der Waals surface area contributed by atoms with E-state index in [0.29, 0.717) is 12.8 Å². The van der Waals surface area contributed by atoms with Gasteiger partial charge < -0.3 is 9.53 Å². The summed E-state index contributed by atoms with van der Waals surface area (Å²) < 4.78 is 6.38. The fourth-order valence-corrected chi connectivity index (χ4v) is 3.99. The lowest BCUT2D eigenvalue weighted by molar-refractivity contribution is -0.129. The van der Waals surface area contributed by atoms with Crippen LogP contribution in [0.2, 0.25) is 18.1 Å². The summed E-state index contributed by atoms with van der Waals surface area (Å²) in [4.78, 5) is 23.6. The van der Waals surface area contributed by atoms with Gasteiger partial charge in [0, 0.05) is 19.1 Å². The molecule has 122 valence electrons. The third-order valence-electron chi connectivity index (χ3n) is 4.82. The van der Waals surface area contributed by atoms with Crippen molar-refractivity contribution in [2.45, 2.75) is 83.7 Å². The largest absolute Gasteiger partial charge is 0.465 e. The minimum absolute atomic E-state index is 0.177. The third kappa shape index (κ3) is 4.54. The first kappa shape index (κ1) is 18.2. The molecule has 6 heteroatoms. The van der Waals surface area contributed by atoms with Crippen molar-refractivity contribution in [3.05, 3.63) is 0 Å². The van der Waals surface area contributed by atoms with E-state index in [1.54, 1.807) is 0 Å². The number of nitrogens with zero attached hydrogens (tertiary/aromatic N) is 1. The predicted molar refractivity (Wildman–Crippen MR) is 84.9 cm³/mol. The number of imide groups is 1. The molecule has 0 aromatic carbocycles. The molecule has 0 unspecified atom stereocenters. The molecule has 0 spiro atoms. The summed E-state index contributed by atoms with van der Waals surface area (Å²) in [7, 11) is -1.78. The highest BCUT2D eigenvalue weighted by Gasteiger charge is 2.40. The SMILES string of the molecule is CC(=O)N(C(=O)O)C1CCC(O[Si](C)(C)C(C)(C)C)CC1. The Morgan fingerprint density at radius 3 is 1.95 bits per heavy atom. The van der Waals surface area contributed by atoms with Crippen LogP contribution in [-0.2, 0) is 9.22 Å². The topological polar surface area (TPSA) is 66.8 Å². The highest BCUT2D eigenvalue weighted by Crippen LogP contribution is 2.39. The van der Waals surface area contributed by atoms with Crippen molar-refractivity contribution in [2.24, 2.45) is 0 Å². The third-order valence-corrected chi connectivity index (χ3v) is 9.36. The van der Waals surface area contributed by atoms with E-state index >= 15 is 0 Å². The fourth-order valence-electron chi connectivity index (χ4n) is 2.56. The van der Waals surface area contributed by atoms with Crippen LogP contribution in [0, 0.1) is 0 Å². The van der Waals surface area contributed by atoms with Crippen molar-refractivity contribution in [1.29, 1.82) is 0 Å². The zero-order valence-electron chi connectivity index (χ0n) is 14.1. The van der Waals surface area contributed by atoms with Crippen LogP contribution in [0.15, 0.2) is 0 Å². The summed E-state index contributed by atoms with van der Waals surface area (Å²) >= 11 is 0. The Hall–Kier alpha value is -0.883. The molecule has 1 aliphatic rings. The minimum atomic E-state index is -1.78. The summed E-state index contributed by atoms with van der Waals surface area (Å²) in [6.07, 6.45) is 2.11. The van der Waals surface area contributed by atoms with Crippen LogP contribution in [0.5, 0.6) is 0 Å². The molecular weight excluding hydrogens is 286 g/mol. The molecule has 21 heavy (non-hydrogen) atoms. The van der Waals surface area contributed by atoms with Crippen LogP contribution >= 0.6 is 0 Å². The molecule has 0 saturated heterocycles. The molecule has 1 saturated carbocycles. The Morgan fingerprint density at radius 1 is 1.14 bits per heavy atom. The number of hydrogen-bond donors (Lipinski definition) is 1. The molecule has 1 rings (SSSR count). The van der Waals surface area contributed by atoms with Crippen LogP contribution in [0.1, 0.15) is 53.4 Å². The quantitative estimate of drug-likeness (QED) is 0.803. The van der Waals surface area contributed by atoms with Gasteiger partial charge in [0.1, 0.15) is 0 Å². The van der Waals surface area contributed by atoms with Gasteiger partial charge in [-0.3, -0.25) is 4.79 Å². The zero-order valence-corrected chi connectivity index (χ0v) is 15.1. The average molecular weight is 315 g/mol. The van der Waals surface area contributed by atoms with Gasteiger partial charge in [-0.2, -0.15) is 0 Å². The van der Waals surface area contributed by atoms with Gasteiger partial charge in [0.05, 0.1) is 0 Å². The number of rotatable bonds is 3. The zero-order chi connectivity index (χ0) is 16.4. The maximum absolute atomic E-state index is 11.4. The lowest BCUT2D eigenvalue weighted by atomic mass is 9.92. The van der Waals surface area contributed by atoms with E-state index < -0.39 is 20.3 Å². The van der Waals surface area contributed by atoms with E-state index in [9.17, 15) is 9.59 Å². The van der Waals surface area contributed by atoms with Crippen LogP contribution < -0.4 is 0 Å². The second-order valence-electron chi connectivity index (χ2n) is 7.48. The van der Waals surface area contributed by atoms with E-state index in [-0.39, 0.29) is 17.2 Å². The van der Waals surface area contributed by atoms with E-state index in [1.165, 1.54) is 6.92 Å². The minimum Gasteiger partial charge on any atom is -0.465 e. The Balaban J connectivity index is 2.60. The predicted octanol–water partition coefficient (Wildman–Crippen LogP) is 3.85. The molecule has 0 aromatic heterocycles. The van der Waals surface area contributed by atoms with Crippen LogP contribution in [0.3, 0.4) is 0 Å². The summed E-state index contributed by atoms with van der Waals surface area (Å²) in [5.74, 6) is -0.392. The molecule has 0 aliphatic heterocycles. The van der Waals surface area contributed by atoms with Crippen molar-refractivity contribution in [2.75, 3.05) is 0 Å². The lowest BCUT2D eigenvalue weighted by Gasteiger charge is -2.42. The average Bonchev–Trinajstić information content (AvgIpc) is 2.28. The monoisotopic (exact) mass is 315 g/mol. The highest BCUT2D eigenvalue weighted by molar-refractivity contribution is 6.74. The summed E-state index contributed by atoms with van der Waals surface area (Å²) in [6, 6.07) is -0.195. The Kier molecular flexibility index (Phi) is 5.61. The molecule has 0 aromatic rings. The fraction of sp³-hybridized carbons (Fsp3) is 0.867. The number of carbonyl (C=O) groups excluding carboxylic acids is 1. The number of amides is 2. The number of carboxylic acid groups (broad SMARTS) is 1. The van der Waals surface area contributed by atoms with E-state index in [0.717, 1.165) is 17.7 Å². The molecule has 0 bridgehead atoms. The normalized spacial score (nSPS) is 23.7. The van der Waals surface area contributed by atoms with E-state index in [1.807, 2.05) is 0 Å². The van der Waals surface area contributed by atoms with Crippen molar-refractivity contribution in [3.8, 4) is 0 Å². The molecule has 0 radical (unpaired) electrons. The molecule has 2 amide bonds. The molecule has 5 nitrogen and oxygen atoms in total. The molecule has 1 fully saturated rings. The maximum atomic E-state index is 11.4. The Bertz CT molecular complexity index is 381. The lowest BCUT2D eigenvalue weighted by Crippen LogP contribution is -2.48. The van der Waals surface area contributed by atoms with Gasteiger partial charge >= 0.3 is 6.09 Å². The van der Waals surface area contributed by atoms with Crippen LogP contribution in [-0.4, -0.2) is 42.5 Å². The van der Waals surface area contributed by atoms with Gasteiger partial charge in [-0.1, -0.05) is 20.8 Å². The standard InChI is InChI=1S/C15H29NO4Si/c1-11(17)16(14(18)19)12-7-9-13(10-8-12)20-21(5,6)15(2,3)4/h12-13H,7-10H2,1-6H3,(H,18,19). The first-order valence-electron chi connectivity index (χ1n) is 7.66. The summed E-state index contributed by atoms with van der Waals surface area (Å²) in [5, 5.41) is 9.31. The van der Waals surface area contributed by atoms with Gasteiger partial charge in [-0.25, -0.2) is 9.69 Å². The van der Waals surface area contributed by atoms with E-state index in [2.05, 4.69) is 33.9 Å². The van der Waals surface area contributed by atoms with Crippen molar-refractivity contribution in [1.82, 2.24) is 4.90 Å². The van der Waals surface area contributed by atoms with Gasteiger partial charge in [-0.15, -0.1) is 0 Å². The molecule has 0 atom stereocenters. The highest BCUT2D eigenvalue weighted by atomic mass is 28.4. The first-order valence-corrected chi connectivity index (χ1v) is 10.6. The smallest absolute Gasteiger partial charge is 0.414 e. The van der Waals surface area contributed by atoms with Gasteiger partial charge in [0.25, 0.3) is 0 Å². The van der Waals surface area contributed by atoms with Crippen LogP contribution in [0.4, 0.5) is 4.79 Å². The summed E-state index contributed by atoms with van der Waals surface area (Å²) in [5.41, 5.74) is 0. The summed E-state index contributed by atoms with van der Waals surface area (Å²) in [6.45, 7) is 12.4. The molecule has 1 N–H and O–H groups in total. The van der Waals surface area contributed by atoms with Gasteiger partial charge in [-0.05, 0) is 43.8 Å². The molecule has 0 heterocycles. The van der Waals surface area contributed by atoms with Crippen molar-refractivity contribution < 1.29 is 19.1 Å². The van der Waals surface area contributed by atoms with Gasteiger partial charge in [0.15, 0.2) is 8.32 Å². The molecule has 1 aliphatic carbocycles. The van der Waals surface area contributed by atoms with Crippen LogP contribution in [0.25, 0.3) is 0 Å². The Labute approximate surface area is 128 Å².